The Balaban J connectivity index is 1.35. The van der Waals surface area contributed by atoms with Gasteiger partial charge in [-0.25, -0.2) is 0 Å². The Morgan fingerprint density at radius 1 is 0.962 bits per heavy atom. The molecule has 2 aliphatic heterocycles. The lowest BCUT2D eigenvalue weighted by atomic mass is 10.2. The molecule has 4 rings (SSSR count). The molecule has 2 aliphatic rings. The van der Waals surface area contributed by atoms with Gasteiger partial charge in [0.05, 0.1) is 6.54 Å². The Kier molecular flexibility index (Phi) is 5.45. The Morgan fingerprint density at radius 3 is 2.58 bits per heavy atom. The molecule has 0 bridgehead atoms. The average Bonchev–Trinajstić information content (AvgIpc) is 3.33. The molecular formula is C19H25N5OS. The minimum Gasteiger partial charge on any atom is -0.346 e. The second kappa shape index (κ2) is 8.14. The van der Waals surface area contributed by atoms with Gasteiger partial charge in [0, 0.05) is 56.4 Å². The first kappa shape index (κ1) is 17.4. The number of hydrogen-bond acceptors (Lipinski definition) is 6. The van der Waals surface area contributed by atoms with E-state index in [1.54, 1.807) is 0 Å². The van der Waals surface area contributed by atoms with Gasteiger partial charge in [0.1, 0.15) is 0 Å². The van der Waals surface area contributed by atoms with Crippen molar-refractivity contribution in [3.63, 3.8) is 0 Å². The molecule has 0 N–H and O–H groups in total. The SMILES string of the molecule is O=C(CN1CCCN(c2nc(-c3ccccc3)ns2)CC1)N1CCCC1. The van der Waals surface area contributed by atoms with Crippen LogP contribution in [0.1, 0.15) is 19.3 Å². The zero-order chi connectivity index (χ0) is 17.8. The lowest BCUT2D eigenvalue weighted by molar-refractivity contribution is -0.131. The Labute approximate surface area is 158 Å². The molecule has 0 aliphatic carbocycles. The zero-order valence-electron chi connectivity index (χ0n) is 15.0. The predicted molar refractivity (Wildman–Crippen MR) is 104 cm³/mol. The van der Waals surface area contributed by atoms with E-state index in [4.69, 9.17) is 4.98 Å². The molecule has 0 radical (unpaired) electrons. The number of benzene rings is 1. The van der Waals surface area contributed by atoms with Gasteiger partial charge in [-0.2, -0.15) is 9.36 Å². The third-order valence-corrected chi connectivity index (χ3v) is 5.90. The largest absolute Gasteiger partial charge is 0.346 e. The lowest BCUT2D eigenvalue weighted by Crippen LogP contribution is -2.40. The number of aromatic nitrogens is 2. The molecule has 1 aromatic carbocycles. The molecule has 2 aromatic rings. The summed E-state index contributed by atoms with van der Waals surface area (Å²) in [7, 11) is 0. The van der Waals surface area contributed by atoms with Crippen LogP contribution in [0.25, 0.3) is 11.4 Å². The fourth-order valence-corrected chi connectivity index (χ4v) is 4.37. The summed E-state index contributed by atoms with van der Waals surface area (Å²) in [6.07, 6.45) is 3.36. The molecule has 0 atom stereocenters. The monoisotopic (exact) mass is 371 g/mol. The summed E-state index contributed by atoms with van der Waals surface area (Å²) >= 11 is 1.47. The van der Waals surface area contributed by atoms with Gasteiger partial charge in [-0.1, -0.05) is 30.3 Å². The summed E-state index contributed by atoms with van der Waals surface area (Å²) in [6, 6.07) is 10.1. The Hall–Kier alpha value is -1.99. The molecule has 138 valence electrons. The van der Waals surface area contributed by atoms with E-state index in [1.165, 1.54) is 11.5 Å². The van der Waals surface area contributed by atoms with Gasteiger partial charge in [0.25, 0.3) is 0 Å². The van der Waals surface area contributed by atoms with E-state index >= 15 is 0 Å². The van der Waals surface area contributed by atoms with Crippen molar-refractivity contribution in [3.05, 3.63) is 30.3 Å². The van der Waals surface area contributed by atoms with E-state index in [0.717, 1.165) is 75.1 Å². The summed E-state index contributed by atoms with van der Waals surface area (Å²) < 4.78 is 4.53. The van der Waals surface area contributed by atoms with Crippen LogP contribution >= 0.6 is 11.5 Å². The number of anilines is 1. The summed E-state index contributed by atoms with van der Waals surface area (Å²) in [5, 5.41) is 0.983. The molecule has 1 aromatic heterocycles. The fourth-order valence-electron chi connectivity index (χ4n) is 3.63. The molecule has 26 heavy (non-hydrogen) atoms. The summed E-state index contributed by atoms with van der Waals surface area (Å²) in [5.74, 6) is 1.09. The highest BCUT2D eigenvalue weighted by atomic mass is 32.1. The first-order valence-corrected chi connectivity index (χ1v) is 10.2. The summed E-state index contributed by atoms with van der Waals surface area (Å²) in [5.41, 5.74) is 1.06. The third kappa shape index (κ3) is 4.04. The number of hydrogen-bond donors (Lipinski definition) is 0. The van der Waals surface area contributed by atoms with Crippen molar-refractivity contribution in [3.8, 4) is 11.4 Å². The maximum absolute atomic E-state index is 12.4. The van der Waals surface area contributed by atoms with Gasteiger partial charge >= 0.3 is 0 Å². The van der Waals surface area contributed by atoms with Crippen LogP contribution < -0.4 is 4.90 Å². The van der Waals surface area contributed by atoms with E-state index in [1.807, 2.05) is 35.2 Å². The van der Waals surface area contributed by atoms with E-state index in [0.29, 0.717) is 12.5 Å². The summed E-state index contributed by atoms with van der Waals surface area (Å²) in [4.78, 5) is 23.7. The molecule has 0 saturated carbocycles. The number of rotatable bonds is 4. The second-order valence-electron chi connectivity index (χ2n) is 6.97. The van der Waals surface area contributed by atoms with Crippen molar-refractivity contribution < 1.29 is 4.79 Å². The number of carbonyl (C=O) groups excluding carboxylic acids is 1. The van der Waals surface area contributed by atoms with Crippen LogP contribution in [0.4, 0.5) is 5.13 Å². The van der Waals surface area contributed by atoms with Crippen molar-refractivity contribution in [1.82, 2.24) is 19.2 Å². The maximum atomic E-state index is 12.4. The van der Waals surface area contributed by atoms with Gasteiger partial charge in [0.15, 0.2) is 5.82 Å². The number of amides is 1. The van der Waals surface area contributed by atoms with Gasteiger partial charge in [-0.3, -0.25) is 9.69 Å². The fraction of sp³-hybridized carbons (Fsp3) is 0.526. The van der Waals surface area contributed by atoms with E-state index in [9.17, 15) is 4.79 Å². The third-order valence-electron chi connectivity index (χ3n) is 5.12. The van der Waals surface area contributed by atoms with Crippen LogP contribution in [0.2, 0.25) is 0 Å². The smallest absolute Gasteiger partial charge is 0.236 e. The molecule has 2 saturated heterocycles. The molecule has 1 amide bonds. The molecule has 2 fully saturated rings. The van der Waals surface area contributed by atoms with Crippen LogP contribution in [0.3, 0.4) is 0 Å². The highest BCUT2D eigenvalue weighted by Gasteiger charge is 2.23. The van der Waals surface area contributed by atoms with Crippen LogP contribution in [-0.2, 0) is 4.79 Å². The van der Waals surface area contributed by atoms with E-state index in [2.05, 4.69) is 14.2 Å². The normalized spacial score (nSPS) is 18.9. The number of likely N-dealkylation sites (tertiary alicyclic amines) is 1. The van der Waals surface area contributed by atoms with Gasteiger partial charge in [-0.05, 0) is 19.3 Å². The van der Waals surface area contributed by atoms with Crippen LogP contribution in [0, 0.1) is 0 Å². The van der Waals surface area contributed by atoms with Gasteiger partial charge < -0.3 is 9.80 Å². The second-order valence-corrected chi connectivity index (χ2v) is 7.70. The Morgan fingerprint density at radius 2 is 1.77 bits per heavy atom. The van der Waals surface area contributed by atoms with Crippen molar-refractivity contribution in [2.45, 2.75) is 19.3 Å². The first-order valence-electron chi connectivity index (χ1n) is 9.44. The molecule has 7 heteroatoms. The first-order chi connectivity index (χ1) is 12.8. The topological polar surface area (TPSA) is 52.6 Å². The minimum atomic E-state index is 0.290. The standard InChI is InChI=1S/C19H25N5OS/c25-17(23-10-4-5-11-23)15-22-9-6-12-24(14-13-22)19-20-18(21-26-19)16-7-2-1-3-8-16/h1-3,7-8H,4-6,9-15H2. The lowest BCUT2D eigenvalue weighted by Gasteiger charge is -2.23. The minimum absolute atomic E-state index is 0.290. The zero-order valence-corrected chi connectivity index (χ0v) is 15.8. The summed E-state index contributed by atoms with van der Waals surface area (Å²) in [6.45, 7) is 6.17. The van der Waals surface area contributed by atoms with Crippen LogP contribution in [-0.4, -0.2) is 70.9 Å². The van der Waals surface area contributed by atoms with Crippen molar-refractivity contribution in [1.29, 1.82) is 0 Å². The molecule has 3 heterocycles. The molecule has 6 nitrogen and oxygen atoms in total. The predicted octanol–water partition coefficient (Wildman–Crippen LogP) is 2.34. The van der Waals surface area contributed by atoms with Crippen LogP contribution in [0.5, 0.6) is 0 Å². The van der Waals surface area contributed by atoms with Crippen LogP contribution in [0.15, 0.2) is 30.3 Å². The van der Waals surface area contributed by atoms with Crippen molar-refractivity contribution in [2.75, 3.05) is 50.7 Å². The molecule has 0 unspecified atom stereocenters. The van der Waals surface area contributed by atoms with Crippen molar-refractivity contribution in [2.24, 2.45) is 0 Å². The Bertz CT molecular complexity index is 729. The maximum Gasteiger partial charge on any atom is 0.236 e. The van der Waals surface area contributed by atoms with Gasteiger partial charge in [-0.15, -0.1) is 0 Å². The average molecular weight is 372 g/mol. The van der Waals surface area contributed by atoms with E-state index < -0.39 is 0 Å². The highest BCUT2D eigenvalue weighted by molar-refractivity contribution is 7.09. The number of nitrogens with zero attached hydrogens (tertiary/aromatic N) is 5. The van der Waals surface area contributed by atoms with Crippen molar-refractivity contribution >= 4 is 22.6 Å². The molecular weight excluding hydrogens is 346 g/mol. The number of carbonyl (C=O) groups is 1. The quantitative estimate of drug-likeness (QED) is 0.826. The van der Waals surface area contributed by atoms with Gasteiger partial charge in [0.2, 0.25) is 11.0 Å². The van der Waals surface area contributed by atoms with E-state index in [-0.39, 0.29) is 0 Å². The highest BCUT2D eigenvalue weighted by Crippen LogP contribution is 2.24. The molecule has 0 spiro atoms.